The highest BCUT2D eigenvalue weighted by molar-refractivity contribution is 5.94. The van der Waals surface area contributed by atoms with Gasteiger partial charge in [-0.2, -0.15) is 0 Å². The van der Waals surface area contributed by atoms with Gasteiger partial charge in [-0.25, -0.2) is 4.79 Å². The first kappa shape index (κ1) is 18.0. The first-order valence-corrected chi connectivity index (χ1v) is 7.37. The molecular formula is C18H25NO3. The summed E-state index contributed by atoms with van der Waals surface area (Å²) in [5.41, 5.74) is 3.09. The van der Waals surface area contributed by atoms with Crippen molar-refractivity contribution in [2.75, 3.05) is 0 Å². The van der Waals surface area contributed by atoms with Crippen LogP contribution in [0.1, 0.15) is 43.9 Å². The molecule has 0 heterocycles. The van der Waals surface area contributed by atoms with E-state index in [4.69, 9.17) is 0 Å². The maximum absolute atomic E-state index is 11.9. The average Bonchev–Trinajstić information content (AvgIpc) is 2.38. The minimum absolute atomic E-state index is 0.173. The van der Waals surface area contributed by atoms with Gasteiger partial charge in [-0.1, -0.05) is 39.0 Å². The van der Waals surface area contributed by atoms with E-state index in [1.165, 1.54) is 11.6 Å². The molecule has 0 aliphatic rings. The molecule has 0 bridgehead atoms. The summed E-state index contributed by atoms with van der Waals surface area (Å²) in [5, 5.41) is 11.7. The minimum Gasteiger partial charge on any atom is -0.480 e. The summed E-state index contributed by atoms with van der Waals surface area (Å²) in [4.78, 5) is 23.1. The quantitative estimate of drug-likeness (QED) is 0.820. The predicted octanol–water partition coefficient (Wildman–Crippen LogP) is 3.32. The number of hydrogen-bond acceptors (Lipinski definition) is 2. The van der Waals surface area contributed by atoms with E-state index in [1.807, 2.05) is 52.8 Å². The highest BCUT2D eigenvalue weighted by Gasteiger charge is 2.25. The van der Waals surface area contributed by atoms with E-state index in [2.05, 4.69) is 5.32 Å². The van der Waals surface area contributed by atoms with Gasteiger partial charge in [0.1, 0.15) is 6.04 Å². The molecule has 120 valence electrons. The molecule has 4 nitrogen and oxygen atoms in total. The largest absolute Gasteiger partial charge is 0.480 e. The summed E-state index contributed by atoms with van der Waals surface area (Å²) < 4.78 is 0. The van der Waals surface area contributed by atoms with Gasteiger partial charge >= 0.3 is 5.97 Å². The van der Waals surface area contributed by atoms with E-state index in [1.54, 1.807) is 6.08 Å². The number of carbonyl (C=O) groups excluding carboxylic acids is 1. The second kappa shape index (κ2) is 7.25. The fourth-order valence-electron chi connectivity index (χ4n) is 2.07. The van der Waals surface area contributed by atoms with E-state index in [0.717, 1.165) is 11.1 Å². The topological polar surface area (TPSA) is 66.4 Å². The van der Waals surface area contributed by atoms with Crippen LogP contribution in [0, 0.1) is 19.3 Å². The summed E-state index contributed by atoms with van der Waals surface area (Å²) in [6.07, 6.45) is 3.45. The van der Waals surface area contributed by atoms with Crippen molar-refractivity contribution >= 4 is 18.0 Å². The van der Waals surface area contributed by atoms with Crippen molar-refractivity contribution < 1.29 is 14.7 Å². The lowest BCUT2D eigenvalue weighted by atomic mass is 9.88. The third-order valence-corrected chi connectivity index (χ3v) is 3.39. The van der Waals surface area contributed by atoms with Gasteiger partial charge in [0.05, 0.1) is 0 Å². The van der Waals surface area contributed by atoms with Crippen LogP contribution in [0.2, 0.25) is 0 Å². The number of hydrogen-bond donors (Lipinski definition) is 2. The Balaban J connectivity index is 2.72. The van der Waals surface area contributed by atoms with Crippen LogP contribution in [0.25, 0.3) is 6.08 Å². The number of carboxylic acid groups (broad SMARTS) is 1. The molecule has 0 aliphatic carbocycles. The van der Waals surface area contributed by atoms with Gasteiger partial charge in [0.2, 0.25) is 5.91 Å². The molecule has 0 aromatic heterocycles. The number of rotatable bonds is 5. The van der Waals surface area contributed by atoms with Crippen molar-refractivity contribution in [2.24, 2.45) is 5.41 Å². The van der Waals surface area contributed by atoms with Crippen molar-refractivity contribution in [3.63, 3.8) is 0 Å². The van der Waals surface area contributed by atoms with Crippen LogP contribution in [0.15, 0.2) is 24.3 Å². The van der Waals surface area contributed by atoms with Gasteiger partial charge in [-0.3, -0.25) is 4.79 Å². The molecular weight excluding hydrogens is 278 g/mol. The third-order valence-electron chi connectivity index (χ3n) is 3.39. The number of aryl methyl sites for hydroxylation is 2. The van der Waals surface area contributed by atoms with Crippen LogP contribution in [0.4, 0.5) is 0 Å². The van der Waals surface area contributed by atoms with Crippen LogP contribution in [0.3, 0.4) is 0 Å². The van der Waals surface area contributed by atoms with Crippen molar-refractivity contribution in [1.29, 1.82) is 0 Å². The standard InChI is InChI=1S/C18H25NO3/c1-12-6-7-14(10-13(12)2)8-9-16(20)19-15(17(21)22)11-18(3,4)5/h6-10,15H,11H2,1-5H3,(H,19,20)(H,21,22). The fraction of sp³-hybridized carbons (Fsp3) is 0.444. The first-order valence-electron chi connectivity index (χ1n) is 7.37. The SMILES string of the molecule is Cc1ccc(C=CC(=O)NC(CC(C)(C)C)C(=O)O)cc1C. The molecule has 22 heavy (non-hydrogen) atoms. The van der Waals surface area contributed by atoms with Gasteiger partial charge in [-0.15, -0.1) is 0 Å². The van der Waals surface area contributed by atoms with E-state index >= 15 is 0 Å². The van der Waals surface area contributed by atoms with Crippen LogP contribution < -0.4 is 5.32 Å². The van der Waals surface area contributed by atoms with Gasteiger partial charge < -0.3 is 10.4 Å². The lowest BCUT2D eigenvalue weighted by Gasteiger charge is -2.23. The Bertz CT molecular complexity index is 582. The Morgan fingerprint density at radius 1 is 1.23 bits per heavy atom. The monoisotopic (exact) mass is 303 g/mol. The second-order valence-electron chi connectivity index (χ2n) is 6.84. The van der Waals surface area contributed by atoms with Crippen LogP contribution in [-0.2, 0) is 9.59 Å². The third kappa shape index (κ3) is 6.12. The Morgan fingerprint density at radius 2 is 1.86 bits per heavy atom. The number of aliphatic carboxylic acids is 1. The van der Waals surface area contributed by atoms with E-state index in [-0.39, 0.29) is 5.41 Å². The van der Waals surface area contributed by atoms with Gasteiger partial charge in [0, 0.05) is 6.08 Å². The molecule has 0 fully saturated rings. The molecule has 0 spiro atoms. The maximum atomic E-state index is 11.9. The molecule has 2 N–H and O–H groups in total. The lowest BCUT2D eigenvalue weighted by Crippen LogP contribution is -2.42. The minimum atomic E-state index is -1.01. The Hall–Kier alpha value is -2.10. The zero-order valence-electron chi connectivity index (χ0n) is 13.9. The molecule has 0 saturated heterocycles. The number of carboxylic acids is 1. The zero-order valence-corrected chi connectivity index (χ0v) is 13.9. The van der Waals surface area contributed by atoms with Gasteiger partial charge in [-0.05, 0) is 48.4 Å². The van der Waals surface area contributed by atoms with Crippen molar-refractivity contribution in [3.8, 4) is 0 Å². The van der Waals surface area contributed by atoms with Crippen molar-refractivity contribution in [2.45, 2.75) is 47.1 Å². The van der Waals surface area contributed by atoms with Crippen molar-refractivity contribution in [1.82, 2.24) is 5.32 Å². The second-order valence-corrected chi connectivity index (χ2v) is 6.84. The Kier molecular flexibility index (Phi) is 5.92. The Labute approximate surface area is 132 Å². The van der Waals surface area contributed by atoms with Gasteiger partial charge in [0.15, 0.2) is 0 Å². The zero-order chi connectivity index (χ0) is 16.9. The highest BCUT2D eigenvalue weighted by Crippen LogP contribution is 2.21. The fourth-order valence-corrected chi connectivity index (χ4v) is 2.07. The number of nitrogens with one attached hydrogen (secondary N) is 1. The van der Waals surface area contributed by atoms with E-state index in [0.29, 0.717) is 6.42 Å². The summed E-state index contributed by atoms with van der Waals surface area (Å²) in [7, 11) is 0. The average molecular weight is 303 g/mol. The molecule has 0 radical (unpaired) electrons. The molecule has 4 heteroatoms. The molecule has 1 aromatic carbocycles. The van der Waals surface area contributed by atoms with Crippen molar-refractivity contribution in [3.05, 3.63) is 41.0 Å². The highest BCUT2D eigenvalue weighted by atomic mass is 16.4. The molecule has 1 amide bonds. The summed E-state index contributed by atoms with van der Waals surface area (Å²) in [6, 6.07) is 5.03. The maximum Gasteiger partial charge on any atom is 0.326 e. The summed E-state index contributed by atoms with van der Waals surface area (Å²) in [6.45, 7) is 9.87. The molecule has 1 unspecified atom stereocenters. The molecule has 1 rings (SSSR count). The first-order chi connectivity index (χ1) is 10.1. The Morgan fingerprint density at radius 3 is 2.36 bits per heavy atom. The molecule has 1 atom stereocenters. The molecule has 0 aliphatic heterocycles. The van der Waals surface area contributed by atoms with Crippen LogP contribution in [-0.4, -0.2) is 23.0 Å². The molecule has 1 aromatic rings. The number of amides is 1. The predicted molar refractivity (Wildman–Crippen MR) is 88.6 cm³/mol. The normalized spacial score (nSPS) is 13.1. The number of carbonyl (C=O) groups is 2. The smallest absolute Gasteiger partial charge is 0.326 e. The molecule has 0 saturated carbocycles. The van der Waals surface area contributed by atoms with E-state index in [9.17, 15) is 14.7 Å². The van der Waals surface area contributed by atoms with Gasteiger partial charge in [0.25, 0.3) is 0 Å². The van der Waals surface area contributed by atoms with Crippen LogP contribution >= 0.6 is 0 Å². The summed E-state index contributed by atoms with van der Waals surface area (Å²) >= 11 is 0. The number of benzene rings is 1. The van der Waals surface area contributed by atoms with E-state index < -0.39 is 17.9 Å². The van der Waals surface area contributed by atoms with Crippen LogP contribution in [0.5, 0.6) is 0 Å². The lowest BCUT2D eigenvalue weighted by molar-refractivity contribution is -0.142. The summed E-state index contributed by atoms with van der Waals surface area (Å²) in [5.74, 6) is -1.40.